The van der Waals surface area contributed by atoms with Crippen LogP contribution in [-0.4, -0.2) is 17.6 Å². The molecule has 0 unspecified atom stereocenters. The molecule has 0 aliphatic rings. The number of phenols is 1. The Kier molecular flexibility index (Phi) is 4.15. The van der Waals surface area contributed by atoms with Crippen molar-refractivity contribution >= 4 is 28.9 Å². The van der Waals surface area contributed by atoms with Gasteiger partial charge in [-0.15, -0.1) is 0 Å². The summed E-state index contributed by atoms with van der Waals surface area (Å²) in [7, 11) is 0. The number of amides is 1. The molecule has 2 aromatic rings. The highest BCUT2D eigenvalue weighted by molar-refractivity contribution is 6.34. The van der Waals surface area contributed by atoms with Gasteiger partial charge >= 0.3 is 0 Å². The van der Waals surface area contributed by atoms with Crippen LogP contribution in [0.2, 0.25) is 5.02 Å². The number of carbonyl (C=O) groups is 1. The summed E-state index contributed by atoms with van der Waals surface area (Å²) in [5.41, 5.74) is 7.27. The van der Waals surface area contributed by atoms with E-state index in [1.165, 1.54) is 18.2 Å². The molecule has 2 rings (SSSR count). The summed E-state index contributed by atoms with van der Waals surface area (Å²) in [6.07, 6.45) is 0. The zero-order valence-electron chi connectivity index (χ0n) is 11.0. The number of hydrogen-bond acceptors (Lipinski definition) is 3. The molecule has 0 heterocycles. The number of anilines is 2. The fourth-order valence-electron chi connectivity index (χ4n) is 1.96. The number of nitrogens with two attached hydrogens (primary N) is 1. The summed E-state index contributed by atoms with van der Waals surface area (Å²) in [4.78, 5) is 14.1. The van der Waals surface area contributed by atoms with E-state index in [1.54, 1.807) is 29.2 Å². The van der Waals surface area contributed by atoms with Crippen LogP contribution in [0.25, 0.3) is 0 Å². The average Bonchev–Trinajstić information content (AvgIpc) is 2.42. The predicted molar refractivity (Wildman–Crippen MR) is 81.3 cm³/mol. The minimum atomic E-state index is -0.279. The maximum atomic E-state index is 12.6. The van der Waals surface area contributed by atoms with Crippen molar-refractivity contribution in [2.24, 2.45) is 0 Å². The van der Waals surface area contributed by atoms with Crippen molar-refractivity contribution in [3.05, 3.63) is 53.1 Å². The largest absolute Gasteiger partial charge is 0.508 e. The summed E-state index contributed by atoms with van der Waals surface area (Å²) in [6, 6.07) is 11.4. The Morgan fingerprint density at radius 2 is 2.05 bits per heavy atom. The van der Waals surface area contributed by atoms with Crippen LogP contribution in [-0.2, 0) is 0 Å². The van der Waals surface area contributed by atoms with E-state index in [4.69, 9.17) is 17.3 Å². The minimum absolute atomic E-state index is 0.00128. The Labute approximate surface area is 122 Å². The third-order valence-electron chi connectivity index (χ3n) is 2.92. The van der Waals surface area contributed by atoms with Gasteiger partial charge in [-0.05, 0) is 43.3 Å². The molecule has 3 N–H and O–H groups in total. The van der Waals surface area contributed by atoms with Crippen molar-refractivity contribution in [1.29, 1.82) is 0 Å². The van der Waals surface area contributed by atoms with E-state index in [9.17, 15) is 9.90 Å². The number of carbonyl (C=O) groups excluding carboxylic acids is 1. The van der Waals surface area contributed by atoms with Gasteiger partial charge in [0, 0.05) is 17.9 Å². The molecule has 4 nitrogen and oxygen atoms in total. The summed E-state index contributed by atoms with van der Waals surface area (Å²) in [5, 5.41) is 9.81. The lowest BCUT2D eigenvalue weighted by molar-refractivity contribution is 0.0988. The molecule has 0 aliphatic heterocycles. The lowest BCUT2D eigenvalue weighted by Crippen LogP contribution is -2.30. The molecule has 0 atom stereocenters. The number of nitrogen functional groups attached to an aromatic ring is 1. The van der Waals surface area contributed by atoms with Gasteiger partial charge in [0.1, 0.15) is 5.75 Å². The van der Waals surface area contributed by atoms with Crippen molar-refractivity contribution in [2.75, 3.05) is 17.2 Å². The number of rotatable bonds is 3. The molecule has 0 aliphatic carbocycles. The molecule has 0 saturated carbocycles. The van der Waals surface area contributed by atoms with Gasteiger partial charge in [0.05, 0.1) is 10.6 Å². The monoisotopic (exact) mass is 290 g/mol. The summed E-state index contributed by atoms with van der Waals surface area (Å²) >= 11 is 6.03. The van der Waals surface area contributed by atoms with E-state index in [-0.39, 0.29) is 17.2 Å². The molecule has 2 aromatic carbocycles. The van der Waals surface area contributed by atoms with Gasteiger partial charge in [0.2, 0.25) is 0 Å². The lowest BCUT2D eigenvalue weighted by Gasteiger charge is -2.22. The van der Waals surface area contributed by atoms with Crippen molar-refractivity contribution in [3.8, 4) is 5.75 Å². The molecule has 0 fully saturated rings. The zero-order valence-corrected chi connectivity index (χ0v) is 11.8. The second-order valence-electron chi connectivity index (χ2n) is 4.31. The van der Waals surface area contributed by atoms with Gasteiger partial charge in [-0.1, -0.05) is 17.7 Å². The van der Waals surface area contributed by atoms with Crippen LogP contribution in [0.15, 0.2) is 42.5 Å². The summed E-state index contributed by atoms with van der Waals surface area (Å²) < 4.78 is 0. The topological polar surface area (TPSA) is 66.6 Å². The van der Waals surface area contributed by atoms with Crippen LogP contribution >= 0.6 is 11.6 Å². The van der Waals surface area contributed by atoms with Crippen LogP contribution < -0.4 is 10.6 Å². The van der Waals surface area contributed by atoms with Gasteiger partial charge in [-0.3, -0.25) is 4.79 Å². The molecule has 0 saturated heterocycles. The van der Waals surface area contributed by atoms with Gasteiger partial charge in [-0.2, -0.15) is 0 Å². The number of halogens is 1. The Morgan fingerprint density at radius 1 is 1.30 bits per heavy atom. The molecule has 0 radical (unpaired) electrons. The average molecular weight is 291 g/mol. The Balaban J connectivity index is 2.41. The molecule has 0 aromatic heterocycles. The van der Waals surface area contributed by atoms with Crippen molar-refractivity contribution in [1.82, 2.24) is 0 Å². The molecule has 5 heteroatoms. The number of hydrogen-bond donors (Lipinski definition) is 2. The van der Waals surface area contributed by atoms with Crippen molar-refractivity contribution < 1.29 is 9.90 Å². The first kappa shape index (κ1) is 14.2. The Hall–Kier alpha value is -2.20. The zero-order chi connectivity index (χ0) is 14.7. The number of nitrogens with zero attached hydrogens (tertiary/aromatic N) is 1. The molecule has 0 bridgehead atoms. The standard InChI is InChI=1S/C15H15ClN2O2/c1-2-18(11-5-3-4-10(17)8-11)15(20)13-9-12(19)6-7-14(13)16/h3-9,19H,2,17H2,1H3. The fourth-order valence-corrected chi connectivity index (χ4v) is 2.16. The molecule has 1 amide bonds. The maximum Gasteiger partial charge on any atom is 0.259 e. The van der Waals surface area contributed by atoms with Crippen LogP contribution in [0.4, 0.5) is 11.4 Å². The van der Waals surface area contributed by atoms with Crippen molar-refractivity contribution in [2.45, 2.75) is 6.92 Å². The van der Waals surface area contributed by atoms with E-state index in [2.05, 4.69) is 0 Å². The highest BCUT2D eigenvalue weighted by atomic mass is 35.5. The number of benzene rings is 2. The molecule has 104 valence electrons. The molecule has 0 spiro atoms. The highest BCUT2D eigenvalue weighted by Crippen LogP contribution is 2.25. The maximum absolute atomic E-state index is 12.6. The summed E-state index contributed by atoms with van der Waals surface area (Å²) in [5.74, 6) is -0.277. The van der Waals surface area contributed by atoms with Gasteiger partial charge in [0.25, 0.3) is 5.91 Å². The highest BCUT2D eigenvalue weighted by Gasteiger charge is 2.19. The van der Waals surface area contributed by atoms with Crippen LogP contribution in [0, 0.1) is 0 Å². The van der Waals surface area contributed by atoms with Crippen molar-refractivity contribution in [3.63, 3.8) is 0 Å². The first-order chi connectivity index (χ1) is 9.52. The fraction of sp³-hybridized carbons (Fsp3) is 0.133. The molecule has 20 heavy (non-hydrogen) atoms. The lowest BCUT2D eigenvalue weighted by atomic mass is 10.1. The molecular formula is C15H15ClN2O2. The van der Waals surface area contributed by atoms with Crippen LogP contribution in [0.1, 0.15) is 17.3 Å². The van der Waals surface area contributed by atoms with Crippen LogP contribution in [0.3, 0.4) is 0 Å². The normalized spacial score (nSPS) is 10.3. The quantitative estimate of drug-likeness (QED) is 0.852. The Morgan fingerprint density at radius 3 is 2.70 bits per heavy atom. The predicted octanol–water partition coefficient (Wildman–Crippen LogP) is 3.29. The number of aromatic hydroxyl groups is 1. The van der Waals surface area contributed by atoms with Gasteiger partial charge in [-0.25, -0.2) is 0 Å². The minimum Gasteiger partial charge on any atom is -0.508 e. The first-order valence-corrected chi connectivity index (χ1v) is 6.56. The number of phenolic OH excluding ortho intramolecular Hbond substituents is 1. The van der Waals surface area contributed by atoms with Gasteiger partial charge < -0.3 is 15.7 Å². The van der Waals surface area contributed by atoms with E-state index >= 15 is 0 Å². The van der Waals surface area contributed by atoms with E-state index in [1.807, 2.05) is 6.92 Å². The second-order valence-corrected chi connectivity index (χ2v) is 4.72. The van der Waals surface area contributed by atoms with E-state index < -0.39 is 0 Å². The third kappa shape index (κ3) is 2.86. The van der Waals surface area contributed by atoms with Crippen LogP contribution in [0.5, 0.6) is 5.75 Å². The molecular weight excluding hydrogens is 276 g/mol. The third-order valence-corrected chi connectivity index (χ3v) is 3.25. The summed E-state index contributed by atoms with van der Waals surface area (Å²) in [6.45, 7) is 2.33. The smallest absolute Gasteiger partial charge is 0.259 e. The Bertz CT molecular complexity index is 644. The second kappa shape index (κ2) is 5.84. The van der Waals surface area contributed by atoms with E-state index in [0.717, 1.165) is 0 Å². The SMILES string of the molecule is CCN(C(=O)c1cc(O)ccc1Cl)c1cccc(N)c1. The van der Waals surface area contributed by atoms with Gasteiger partial charge in [0.15, 0.2) is 0 Å². The van der Waals surface area contributed by atoms with E-state index in [0.29, 0.717) is 22.9 Å². The first-order valence-electron chi connectivity index (χ1n) is 6.19.